The van der Waals surface area contributed by atoms with Gasteiger partial charge in [-0.15, -0.1) is 13.2 Å². The molecule has 0 aliphatic rings. The van der Waals surface area contributed by atoms with Gasteiger partial charge in [0.1, 0.15) is 17.8 Å². The van der Waals surface area contributed by atoms with E-state index in [2.05, 4.69) is 24.8 Å². The van der Waals surface area contributed by atoms with Crippen LogP contribution in [-0.2, 0) is 0 Å². The maximum atomic E-state index is 12.5. The fraction of sp³-hybridized carbons (Fsp3) is 0.238. The number of benzene rings is 1. The number of aromatic nitrogens is 3. The van der Waals surface area contributed by atoms with E-state index in [1.54, 1.807) is 0 Å². The number of carbonyl (C=O) groups is 1. The summed E-state index contributed by atoms with van der Waals surface area (Å²) in [7, 11) is 0. The van der Waals surface area contributed by atoms with Crippen LogP contribution in [0.15, 0.2) is 54.9 Å². The van der Waals surface area contributed by atoms with Crippen LogP contribution in [0.1, 0.15) is 0 Å². The van der Waals surface area contributed by atoms with Gasteiger partial charge in [-0.1, -0.05) is 12.1 Å². The molecule has 0 spiro atoms. The van der Waals surface area contributed by atoms with Gasteiger partial charge < -0.3 is 19.5 Å². The van der Waals surface area contributed by atoms with Gasteiger partial charge in [-0.2, -0.15) is 18.2 Å². The minimum atomic E-state index is -4.82. The molecule has 1 amide bonds. The number of hydrogen-bond donors (Lipinski definition) is 2. The van der Waals surface area contributed by atoms with Gasteiger partial charge in [0.05, 0.1) is 6.54 Å². The highest BCUT2D eigenvalue weighted by Gasteiger charge is 2.31. The molecule has 36 heavy (non-hydrogen) atoms. The summed E-state index contributed by atoms with van der Waals surface area (Å²) < 4.78 is 88.1. The number of ether oxygens (including phenoxy) is 3. The van der Waals surface area contributed by atoms with Gasteiger partial charge >= 0.3 is 24.6 Å². The minimum Gasteiger partial charge on any atom is -0.468 e. The number of hydrogen-bond acceptors (Lipinski definition) is 7. The Morgan fingerprint density at radius 2 is 1.67 bits per heavy atom. The zero-order valence-corrected chi connectivity index (χ0v) is 18.1. The second kappa shape index (κ2) is 11.0. The van der Waals surface area contributed by atoms with E-state index in [-0.39, 0.29) is 30.5 Å². The minimum absolute atomic E-state index is 0.0734. The molecule has 9 nitrogen and oxygen atoms in total. The predicted molar refractivity (Wildman–Crippen MR) is 110 cm³/mol. The number of nitrogens with zero attached hydrogens (tertiary/aromatic N) is 3. The molecule has 192 valence electrons. The molecule has 0 saturated carbocycles. The Hall–Kier alpha value is -4.30. The van der Waals surface area contributed by atoms with Crippen LogP contribution >= 0.6 is 0 Å². The highest BCUT2D eigenvalue weighted by Crippen LogP contribution is 2.26. The van der Waals surface area contributed by atoms with Crippen LogP contribution in [0, 0.1) is 5.41 Å². The number of amides is 1. The van der Waals surface area contributed by atoms with Crippen LogP contribution in [0.5, 0.6) is 17.6 Å². The number of alkyl halides is 6. The zero-order chi connectivity index (χ0) is 26.3. The number of halogens is 6. The Morgan fingerprint density at radius 1 is 0.972 bits per heavy atom. The van der Waals surface area contributed by atoms with Crippen molar-refractivity contribution in [2.75, 3.05) is 19.8 Å². The molecule has 2 N–H and O–H groups in total. The van der Waals surface area contributed by atoms with Crippen LogP contribution in [0.4, 0.5) is 31.1 Å². The first-order valence-corrected chi connectivity index (χ1v) is 9.97. The summed E-state index contributed by atoms with van der Waals surface area (Å²) in [5.41, 5.74) is 0.742. The third kappa shape index (κ3) is 8.18. The van der Waals surface area contributed by atoms with Crippen LogP contribution in [0.25, 0.3) is 11.1 Å². The molecule has 2 heterocycles. The van der Waals surface area contributed by atoms with E-state index >= 15 is 0 Å². The standard InChI is InChI=1S/C21H17F6N5O4/c22-20(23,24)12-35-17-7-8-29-18(31-17)34-10-9-30-19(33)32-11-14(3-6-16(32)28)13-1-4-15(5-2-13)36-21(25,26)27/h1-8,11,28H,9-10,12H2,(H,30,33). The second-order valence-electron chi connectivity index (χ2n) is 6.91. The summed E-state index contributed by atoms with van der Waals surface area (Å²) in [4.78, 5) is 19.9. The molecule has 0 unspecified atom stereocenters. The highest BCUT2D eigenvalue weighted by molar-refractivity contribution is 5.78. The molecule has 3 aromatic rings. The van der Waals surface area contributed by atoms with Crippen LogP contribution in [-0.4, -0.2) is 52.9 Å². The molecule has 15 heteroatoms. The van der Waals surface area contributed by atoms with Gasteiger partial charge in [0.25, 0.3) is 0 Å². The number of pyridine rings is 1. The van der Waals surface area contributed by atoms with E-state index in [9.17, 15) is 31.1 Å². The van der Waals surface area contributed by atoms with Crippen molar-refractivity contribution >= 4 is 6.03 Å². The first kappa shape index (κ1) is 26.3. The molecule has 0 saturated heterocycles. The summed E-state index contributed by atoms with van der Waals surface area (Å²) in [6.45, 7) is -1.75. The van der Waals surface area contributed by atoms with E-state index < -0.39 is 30.9 Å². The Bertz CT molecular complexity index is 1250. The quantitative estimate of drug-likeness (QED) is 0.347. The Morgan fingerprint density at radius 3 is 2.33 bits per heavy atom. The average molecular weight is 517 g/mol. The van der Waals surface area contributed by atoms with Crippen molar-refractivity contribution in [1.82, 2.24) is 19.9 Å². The molecule has 0 aliphatic heterocycles. The van der Waals surface area contributed by atoms with E-state index in [0.29, 0.717) is 11.1 Å². The maximum Gasteiger partial charge on any atom is 0.573 e. The van der Waals surface area contributed by atoms with E-state index in [1.165, 1.54) is 30.5 Å². The fourth-order valence-corrected chi connectivity index (χ4v) is 2.70. The number of nitrogens with one attached hydrogen (secondary N) is 2. The van der Waals surface area contributed by atoms with Gasteiger partial charge in [0.15, 0.2) is 6.61 Å². The lowest BCUT2D eigenvalue weighted by Crippen LogP contribution is -2.37. The van der Waals surface area contributed by atoms with Crippen molar-refractivity contribution in [2.24, 2.45) is 0 Å². The van der Waals surface area contributed by atoms with E-state index in [0.717, 1.165) is 29.0 Å². The summed E-state index contributed by atoms with van der Waals surface area (Å²) in [6, 6.07) is 7.95. The summed E-state index contributed by atoms with van der Waals surface area (Å²) in [5.74, 6) is -0.749. The monoisotopic (exact) mass is 517 g/mol. The van der Waals surface area contributed by atoms with Crippen LogP contribution in [0.2, 0.25) is 0 Å². The third-order valence-electron chi connectivity index (χ3n) is 4.19. The van der Waals surface area contributed by atoms with Crippen molar-refractivity contribution in [3.05, 3.63) is 60.3 Å². The van der Waals surface area contributed by atoms with Crippen molar-refractivity contribution in [1.29, 1.82) is 5.41 Å². The average Bonchev–Trinajstić information content (AvgIpc) is 2.80. The largest absolute Gasteiger partial charge is 0.573 e. The normalized spacial score (nSPS) is 11.6. The molecular formula is C21H17F6N5O4. The van der Waals surface area contributed by atoms with Gasteiger partial charge in [-0.3, -0.25) is 9.98 Å². The second-order valence-corrected chi connectivity index (χ2v) is 6.91. The smallest absolute Gasteiger partial charge is 0.468 e. The SMILES string of the molecule is N=c1ccc(-c2ccc(OC(F)(F)F)cc2)cn1C(=O)NCCOc1nccc(OCC(F)(F)F)n1. The fourth-order valence-electron chi connectivity index (χ4n) is 2.70. The van der Waals surface area contributed by atoms with Gasteiger partial charge in [-0.25, -0.2) is 9.78 Å². The topological polar surface area (TPSA) is 111 Å². The van der Waals surface area contributed by atoms with Crippen molar-refractivity contribution < 1.29 is 45.3 Å². The highest BCUT2D eigenvalue weighted by atomic mass is 19.4. The zero-order valence-electron chi connectivity index (χ0n) is 18.1. The van der Waals surface area contributed by atoms with E-state index in [1.807, 2.05) is 0 Å². The van der Waals surface area contributed by atoms with Crippen molar-refractivity contribution in [2.45, 2.75) is 12.5 Å². The lowest BCUT2D eigenvalue weighted by Gasteiger charge is -2.12. The molecule has 0 aliphatic carbocycles. The van der Waals surface area contributed by atoms with Gasteiger partial charge in [0, 0.05) is 18.5 Å². The number of rotatable bonds is 8. The summed E-state index contributed by atoms with van der Waals surface area (Å²) >= 11 is 0. The van der Waals surface area contributed by atoms with E-state index in [4.69, 9.17) is 10.1 Å². The maximum absolute atomic E-state index is 12.5. The van der Waals surface area contributed by atoms with Crippen LogP contribution < -0.4 is 25.0 Å². The molecule has 0 fully saturated rings. The Labute approximate surface area is 198 Å². The molecular weight excluding hydrogens is 500 g/mol. The Kier molecular flexibility index (Phi) is 8.01. The Balaban J connectivity index is 1.56. The first-order chi connectivity index (χ1) is 16.9. The van der Waals surface area contributed by atoms with Gasteiger partial charge in [-0.05, 0) is 35.4 Å². The lowest BCUT2D eigenvalue weighted by atomic mass is 10.1. The predicted octanol–water partition coefficient (Wildman–Crippen LogP) is 3.90. The molecule has 1 aromatic carbocycles. The van der Waals surface area contributed by atoms with Crippen LogP contribution in [0.3, 0.4) is 0 Å². The van der Waals surface area contributed by atoms with Gasteiger partial charge in [0.2, 0.25) is 5.88 Å². The summed E-state index contributed by atoms with van der Waals surface area (Å²) in [6.07, 6.45) is -6.90. The molecule has 0 bridgehead atoms. The van der Waals surface area contributed by atoms with Crippen molar-refractivity contribution in [3.8, 4) is 28.8 Å². The van der Waals surface area contributed by atoms with Crippen molar-refractivity contribution in [3.63, 3.8) is 0 Å². The molecule has 2 aromatic heterocycles. The lowest BCUT2D eigenvalue weighted by molar-refractivity contribution is -0.274. The third-order valence-corrected chi connectivity index (χ3v) is 4.19. The number of carbonyl (C=O) groups excluding carboxylic acids is 1. The first-order valence-electron chi connectivity index (χ1n) is 9.97. The molecule has 0 atom stereocenters. The molecule has 3 rings (SSSR count). The summed E-state index contributed by atoms with van der Waals surface area (Å²) in [5, 5.41) is 10.4. The molecule has 0 radical (unpaired) electrons.